The highest BCUT2D eigenvalue weighted by Gasteiger charge is 2.71. The van der Waals surface area contributed by atoms with Gasteiger partial charge in [0.05, 0.1) is 41.5 Å². The van der Waals surface area contributed by atoms with E-state index in [0.717, 1.165) is 18.3 Å². The smallest absolute Gasteiger partial charge is 0.331 e. The molecule has 4 aliphatic carbocycles. The third-order valence-corrected chi connectivity index (χ3v) is 14.0. The summed E-state index contributed by atoms with van der Waals surface area (Å²) in [6.45, 7) is 3.42. The zero-order valence-electron chi connectivity index (χ0n) is 28.1. The van der Waals surface area contributed by atoms with E-state index in [0.29, 0.717) is 44.9 Å². The van der Waals surface area contributed by atoms with Gasteiger partial charge in [0.25, 0.3) is 0 Å². The number of cyclic esters (lactones) is 1. The zero-order chi connectivity index (χ0) is 35.1. The highest BCUT2D eigenvalue weighted by Crippen LogP contribution is 2.70. The van der Waals surface area contributed by atoms with Crippen molar-refractivity contribution in [1.29, 1.82) is 0 Å². The Hall–Kier alpha value is -1.56. The van der Waals surface area contributed by atoms with Gasteiger partial charge in [-0.1, -0.05) is 6.92 Å². The Kier molecular flexibility index (Phi) is 9.38. The van der Waals surface area contributed by atoms with Crippen LogP contribution in [0.1, 0.15) is 78.1 Å². The van der Waals surface area contributed by atoms with Crippen molar-refractivity contribution in [3.05, 3.63) is 11.6 Å². The molecular weight excluding hydrogens is 644 g/mol. The molecular formula is C35H52O14. The number of aldehydes is 1. The van der Waals surface area contributed by atoms with Crippen LogP contribution in [-0.2, 0) is 33.3 Å². The van der Waals surface area contributed by atoms with E-state index in [9.17, 15) is 45.3 Å². The number of carbonyl (C=O) groups is 2. The van der Waals surface area contributed by atoms with Crippen LogP contribution < -0.4 is 0 Å². The Morgan fingerprint density at radius 1 is 0.939 bits per heavy atom. The summed E-state index contributed by atoms with van der Waals surface area (Å²) in [5.74, 6) is -0.688. The topological polar surface area (TPSA) is 222 Å². The second-order valence-electron chi connectivity index (χ2n) is 16.1. The van der Waals surface area contributed by atoms with Crippen molar-refractivity contribution < 1.29 is 69.0 Å². The van der Waals surface area contributed by atoms with Crippen LogP contribution in [-0.4, -0.2) is 134 Å². The molecule has 4 saturated carbocycles. The van der Waals surface area contributed by atoms with E-state index < -0.39 is 90.1 Å². The number of hydrogen-bond acceptors (Lipinski definition) is 14. The van der Waals surface area contributed by atoms with Gasteiger partial charge in [0.2, 0.25) is 0 Å². The molecule has 3 aliphatic heterocycles. The molecule has 2 saturated heterocycles. The van der Waals surface area contributed by atoms with E-state index >= 15 is 0 Å². The maximum atomic E-state index is 13.2. The van der Waals surface area contributed by atoms with Crippen LogP contribution in [0.4, 0.5) is 0 Å². The maximum Gasteiger partial charge on any atom is 0.331 e. The fourth-order valence-corrected chi connectivity index (χ4v) is 11.3. The molecule has 0 spiro atoms. The molecule has 0 aromatic rings. The van der Waals surface area contributed by atoms with Crippen LogP contribution in [0.2, 0.25) is 0 Å². The van der Waals surface area contributed by atoms with Crippen molar-refractivity contribution in [2.75, 3.05) is 13.2 Å². The van der Waals surface area contributed by atoms with Gasteiger partial charge in [-0.05, 0) is 81.6 Å². The average molecular weight is 697 g/mol. The number of hydrogen-bond donors (Lipinski definition) is 7. The van der Waals surface area contributed by atoms with Crippen LogP contribution in [0.15, 0.2) is 11.6 Å². The van der Waals surface area contributed by atoms with Crippen molar-refractivity contribution in [2.45, 2.75) is 151 Å². The number of fused-ring (bicyclic) bond motifs is 5. The Balaban J connectivity index is 1.00. The lowest BCUT2D eigenvalue weighted by Gasteiger charge is -2.65. The van der Waals surface area contributed by atoms with Gasteiger partial charge in [0.1, 0.15) is 43.4 Å². The van der Waals surface area contributed by atoms with Crippen molar-refractivity contribution in [3.63, 3.8) is 0 Å². The van der Waals surface area contributed by atoms with E-state index in [1.807, 2.05) is 0 Å². The summed E-state index contributed by atoms with van der Waals surface area (Å²) in [4.78, 5) is 25.0. The van der Waals surface area contributed by atoms with Crippen LogP contribution in [0.5, 0.6) is 0 Å². The Bertz CT molecular complexity index is 1300. The maximum absolute atomic E-state index is 13.2. The molecule has 0 bridgehead atoms. The van der Waals surface area contributed by atoms with Gasteiger partial charge in [0.15, 0.2) is 12.6 Å². The quantitative estimate of drug-likeness (QED) is 0.102. The fourth-order valence-electron chi connectivity index (χ4n) is 11.3. The number of esters is 1. The predicted octanol–water partition coefficient (Wildman–Crippen LogP) is -0.397. The minimum absolute atomic E-state index is 0.00470. The highest BCUT2D eigenvalue weighted by molar-refractivity contribution is 5.85. The summed E-state index contributed by atoms with van der Waals surface area (Å²) >= 11 is 0. The van der Waals surface area contributed by atoms with Crippen molar-refractivity contribution in [1.82, 2.24) is 0 Å². The molecule has 0 amide bonds. The van der Waals surface area contributed by atoms with E-state index in [4.69, 9.17) is 23.7 Å². The second-order valence-corrected chi connectivity index (χ2v) is 16.1. The first-order valence-electron chi connectivity index (χ1n) is 17.9. The van der Waals surface area contributed by atoms with Gasteiger partial charge in [-0.3, -0.25) is 0 Å². The monoisotopic (exact) mass is 696 g/mol. The standard InChI is InChI=1S/C35H52O14/c1-17-30(49-31-29(42)28(41)27(40)24(14-36)48-31)23(38)12-26(46-17)47-19-3-8-33(16-37)21-4-7-32(2)20(18-11-25(39)45-15-18)6-10-35(32,44)22(21)5-9-34(33,43)13-19/h11,16-17,19-24,26-31,36,38,40-44H,3-10,12-15H2,1-2H3/t17-,19-,20+,21-,22+,23+,24-,26-,27+,28+,29+,30+,31+,32+,33-,34-,35-/m0/s1. The molecule has 6 fully saturated rings. The van der Waals surface area contributed by atoms with E-state index in [2.05, 4.69) is 6.92 Å². The Labute approximate surface area is 285 Å². The van der Waals surface area contributed by atoms with E-state index in [-0.39, 0.29) is 43.2 Å². The average Bonchev–Trinajstić information content (AvgIpc) is 3.61. The van der Waals surface area contributed by atoms with Crippen molar-refractivity contribution in [2.24, 2.45) is 28.6 Å². The number of aliphatic hydroxyl groups excluding tert-OH is 5. The highest BCUT2D eigenvalue weighted by atomic mass is 16.7. The molecule has 276 valence electrons. The molecule has 49 heavy (non-hydrogen) atoms. The minimum Gasteiger partial charge on any atom is -0.458 e. The summed E-state index contributed by atoms with van der Waals surface area (Å²) in [5.41, 5.74) is -2.94. The molecule has 14 heteroatoms. The SMILES string of the molecule is C[C@@H]1O[C@@H](O[C@H]2CC[C@]3(C=O)[C@H]4CC[C@]5(C)[C@@H](C6=CC(=O)OC6)CC[C@]5(O)[C@@H]4CC[C@]3(O)C2)C[C@@H](O)[C@@H]1O[C@H]1O[C@@H](CO)[C@@H](O)[C@@H](O)[C@H]1O. The van der Waals surface area contributed by atoms with Gasteiger partial charge >= 0.3 is 5.97 Å². The summed E-state index contributed by atoms with van der Waals surface area (Å²) in [5, 5.41) is 75.9. The summed E-state index contributed by atoms with van der Waals surface area (Å²) in [6.07, 6.45) is -4.38. The van der Waals surface area contributed by atoms with Crippen molar-refractivity contribution in [3.8, 4) is 0 Å². The molecule has 0 aromatic carbocycles. The molecule has 0 unspecified atom stereocenters. The summed E-state index contributed by atoms with van der Waals surface area (Å²) in [7, 11) is 0. The van der Waals surface area contributed by atoms with Gasteiger partial charge < -0.3 is 64.2 Å². The first kappa shape index (κ1) is 35.8. The molecule has 17 atom stereocenters. The first-order valence-corrected chi connectivity index (χ1v) is 17.9. The van der Waals surface area contributed by atoms with E-state index in [1.165, 1.54) is 0 Å². The van der Waals surface area contributed by atoms with Gasteiger partial charge in [-0.15, -0.1) is 0 Å². The number of rotatable bonds is 7. The van der Waals surface area contributed by atoms with E-state index in [1.54, 1.807) is 13.0 Å². The number of carbonyl (C=O) groups excluding carboxylic acids is 2. The van der Waals surface area contributed by atoms with Crippen LogP contribution in [0.3, 0.4) is 0 Å². The lowest BCUT2D eigenvalue weighted by atomic mass is 9.41. The number of aliphatic hydroxyl groups is 7. The third kappa shape index (κ3) is 5.47. The lowest BCUT2D eigenvalue weighted by Crippen LogP contribution is -2.69. The van der Waals surface area contributed by atoms with Crippen molar-refractivity contribution >= 4 is 12.3 Å². The minimum atomic E-state index is -1.62. The Morgan fingerprint density at radius 3 is 2.37 bits per heavy atom. The predicted molar refractivity (Wildman–Crippen MR) is 166 cm³/mol. The molecule has 14 nitrogen and oxygen atoms in total. The summed E-state index contributed by atoms with van der Waals surface area (Å²) in [6, 6.07) is 0. The van der Waals surface area contributed by atoms with Gasteiger partial charge in [-0.2, -0.15) is 0 Å². The third-order valence-electron chi connectivity index (χ3n) is 14.0. The fraction of sp³-hybridized carbons (Fsp3) is 0.886. The second kappa shape index (κ2) is 12.8. The lowest BCUT2D eigenvalue weighted by molar-refractivity contribution is -0.345. The molecule has 7 rings (SSSR count). The van der Waals surface area contributed by atoms with Crippen LogP contribution >= 0.6 is 0 Å². The Morgan fingerprint density at radius 2 is 1.69 bits per heavy atom. The summed E-state index contributed by atoms with van der Waals surface area (Å²) < 4.78 is 28.9. The van der Waals surface area contributed by atoms with Crippen LogP contribution in [0, 0.1) is 28.6 Å². The molecule has 7 N–H and O–H groups in total. The van der Waals surface area contributed by atoms with Gasteiger partial charge in [-0.25, -0.2) is 4.79 Å². The zero-order valence-corrected chi connectivity index (χ0v) is 28.1. The molecule has 0 aromatic heterocycles. The van der Waals surface area contributed by atoms with Crippen LogP contribution in [0.25, 0.3) is 0 Å². The molecule has 3 heterocycles. The first-order chi connectivity index (χ1) is 23.2. The largest absolute Gasteiger partial charge is 0.458 e. The molecule has 0 radical (unpaired) electrons. The normalized spacial score (nSPS) is 54.3. The number of ether oxygens (including phenoxy) is 5. The van der Waals surface area contributed by atoms with Gasteiger partial charge in [0, 0.05) is 24.3 Å². The molecule has 7 aliphatic rings.